The van der Waals surface area contributed by atoms with Gasteiger partial charge in [0.25, 0.3) is 0 Å². The highest BCUT2D eigenvalue weighted by Crippen LogP contribution is 2.50. The molecule has 7 aromatic carbocycles. The van der Waals surface area contributed by atoms with Crippen LogP contribution < -0.4 is 4.90 Å². The van der Waals surface area contributed by atoms with Crippen molar-refractivity contribution >= 4 is 71.7 Å². The molecular formula is C40H23NO2. The minimum absolute atomic E-state index is 0.890. The van der Waals surface area contributed by atoms with Gasteiger partial charge in [-0.25, -0.2) is 0 Å². The maximum Gasteiger partial charge on any atom is 0.136 e. The number of hydrogen-bond acceptors (Lipinski definition) is 3. The molecule has 0 aliphatic heterocycles. The molecule has 9 aromatic rings. The molecule has 3 nitrogen and oxygen atoms in total. The minimum Gasteiger partial charge on any atom is -0.456 e. The van der Waals surface area contributed by atoms with Crippen LogP contribution >= 0.6 is 0 Å². The van der Waals surface area contributed by atoms with Crippen LogP contribution in [0, 0.1) is 0 Å². The van der Waals surface area contributed by atoms with Crippen LogP contribution in [0.3, 0.4) is 0 Å². The molecule has 3 heteroatoms. The third-order valence-corrected chi connectivity index (χ3v) is 8.98. The van der Waals surface area contributed by atoms with E-state index in [2.05, 4.69) is 132 Å². The Labute approximate surface area is 246 Å². The number of nitrogens with zero attached hydrogens (tertiary/aromatic N) is 1. The molecule has 0 atom stereocenters. The zero-order chi connectivity index (χ0) is 28.1. The van der Waals surface area contributed by atoms with E-state index in [9.17, 15) is 0 Å². The summed E-state index contributed by atoms with van der Waals surface area (Å²) in [5, 5.41) is 7.10. The number of anilines is 3. The van der Waals surface area contributed by atoms with Gasteiger partial charge in [-0.1, -0.05) is 78.9 Å². The fourth-order valence-electron chi connectivity index (χ4n) is 7.14. The Morgan fingerprint density at radius 1 is 0.349 bits per heavy atom. The van der Waals surface area contributed by atoms with E-state index < -0.39 is 0 Å². The summed E-state index contributed by atoms with van der Waals surface area (Å²) in [4.78, 5) is 2.34. The van der Waals surface area contributed by atoms with Crippen molar-refractivity contribution in [2.75, 3.05) is 4.90 Å². The fraction of sp³-hybridized carbons (Fsp3) is 0. The predicted molar refractivity (Wildman–Crippen MR) is 178 cm³/mol. The van der Waals surface area contributed by atoms with Crippen LogP contribution in [0.25, 0.3) is 76.9 Å². The number of fused-ring (bicyclic) bond motifs is 6. The average Bonchev–Trinajstić information content (AvgIpc) is 3.60. The smallest absolute Gasteiger partial charge is 0.136 e. The second-order valence-electron chi connectivity index (χ2n) is 11.3. The molecule has 10 rings (SSSR count). The van der Waals surface area contributed by atoms with Gasteiger partial charge in [0, 0.05) is 44.0 Å². The molecule has 0 saturated heterocycles. The minimum atomic E-state index is 0.890. The summed E-state index contributed by atoms with van der Waals surface area (Å²) in [5.74, 6) is 0. The predicted octanol–water partition coefficient (Wildman–Crippen LogP) is 11.8. The Hall–Kier alpha value is -5.80. The molecule has 0 N–H and O–H groups in total. The van der Waals surface area contributed by atoms with Gasteiger partial charge >= 0.3 is 0 Å². The number of hydrogen-bond donors (Lipinski definition) is 0. The standard InChI is InChI=1S/C40H23NO2/c1-2-9-25(10-3-1)41(27-18-21-35-33(23-27)29-11-4-5-14-34(29)42-35)26-17-19-28-30-12-6-8-24-16-20-37-40(38(24)30)39-31(32(28)22-26)13-7-15-36(39)43-37/h1-23H. The van der Waals surface area contributed by atoms with Gasteiger partial charge in [0.2, 0.25) is 0 Å². The van der Waals surface area contributed by atoms with Crippen molar-refractivity contribution in [3.63, 3.8) is 0 Å². The average molecular weight is 550 g/mol. The van der Waals surface area contributed by atoms with Crippen molar-refractivity contribution in [1.29, 1.82) is 0 Å². The zero-order valence-electron chi connectivity index (χ0n) is 23.0. The Morgan fingerprint density at radius 3 is 1.95 bits per heavy atom. The first-order valence-corrected chi connectivity index (χ1v) is 14.6. The summed E-state index contributed by atoms with van der Waals surface area (Å²) in [7, 11) is 0. The summed E-state index contributed by atoms with van der Waals surface area (Å²) < 4.78 is 12.6. The largest absolute Gasteiger partial charge is 0.456 e. The molecule has 0 saturated carbocycles. The first-order valence-electron chi connectivity index (χ1n) is 14.6. The second-order valence-corrected chi connectivity index (χ2v) is 11.3. The van der Waals surface area contributed by atoms with Gasteiger partial charge in [-0.3, -0.25) is 0 Å². The molecule has 1 aliphatic carbocycles. The lowest BCUT2D eigenvalue weighted by atomic mass is 9.92. The Balaban J connectivity index is 1.27. The van der Waals surface area contributed by atoms with Gasteiger partial charge in [-0.15, -0.1) is 0 Å². The molecule has 200 valence electrons. The molecule has 0 fully saturated rings. The lowest BCUT2D eigenvalue weighted by Crippen LogP contribution is -2.10. The van der Waals surface area contributed by atoms with Crippen LogP contribution in [0.4, 0.5) is 17.1 Å². The summed E-state index contributed by atoms with van der Waals surface area (Å²) in [6.07, 6.45) is 0. The van der Waals surface area contributed by atoms with Crippen molar-refractivity contribution in [2.24, 2.45) is 0 Å². The number of para-hydroxylation sites is 2. The first-order chi connectivity index (χ1) is 21.3. The Kier molecular flexibility index (Phi) is 4.45. The van der Waals surface area contributed by atoms with Gasteiger partial charge < -0.3 is 13.7 Å². The van der Waals surface area contributed by atoms with Gasteiger partial charge in [0.1, 0.15) is 22.3 Å². The highest BCUT2D eigenvalue weighted by molar-refractivity contribution is 6.28. The molecule has 0 amide bonds. The quantitative estimate of drug-likeness (QED) is 0.219. The summed E-state index contributed by atoms with van der Waals surface area (Å²) in [6.45, 7) is 0. The van der Waals surface area contributed by atoms with E-state index in [-0.39, 0.29) is 0 Å². The monoisotopic (exact) mass is 549 g/mol. The molecule has 43 heavy (non-hydrogen) atoms. The lowest BCUT2D eigenvalue weighted by Gasteiger charge is -2.27. The van der Waals surface area contributed by atoms with E-state index in [0.717, 1.165) is 50.2 Å². The van der Waals surface area contributed by atoms with Gasteiger partial charge in [0.15, 0.2) is 0 Å². The van der Waals surface area contributed by atoms with Gasteiger partial charge in [-0.2, -0.15) is 0 Å². The third kappa shape index (κ3) is 3.14. The lowest BCUT2D eigenvalue weighted by molar-refractivity contribution is 0.668. The van der Waals surface area contributed by atoms with Crippen LogP contribution in [-0.4, -0.2) is 0 Å². The van der Waals surface area contributed by atoms with Crippen molar-refractivity contribution in [3.05, 3.63) is 140 Å². The van der Waals surface area contributed by atoms with E-state index >= 15 is 0 Å². The molecule has 1 aliphatic rings. The first kappa shape index (κ1) is 22.8. The molecule has 0 unspecified atom stereocenters. The fourth-order valence-corrected chi connectivity index (χ4v) is 7.14. The Morgan fingerprint density at radius 2 is 1.02 bits per heavy atom. The van der Waals surface area contributed by atoms with Gasteiger partial charge in [0.05, 0.1) is 0 Å². The van der Waals surface area contributed by atoms with Crippen LogP contribution in [0.5, 0.6) is 0 Å². The second kappa shape index (κ2) is 8.37. The molecule has 2 aromatic heterocycles. The van der Waals surface area contributed by atoms with Crippen LogP contribution in [0.1, 0.15) is 0 Å². The normalized spacial score (nSPS) is 12.2. The topological polar surface area (TPSA) is 29.5 Å². The van der Waals surface area contributed by atoms with E-state index in [1.54, 1.807) is 0 Å². The molecule has 0 spiro atoms. The van der Waals surface area contributed by atoms with Crippen molar-refractivity contribution in [2.45, 2.75) is 0 Å². The zero-order valence-corrected chi connectivity index (χ0v) is 23.0. The van der Waals surface area contributed by atoms with Crippen molar-refractivity contribution in [3.8, 4) is 22.3 Å². The highest BCUT2D eigenvalue weighted by atomic mass is 16.3. The van der Waals surface area contributed by atoms with Crippen molar-refractivity contribution < 1.29 is 8.83 Å². The van der Waals surface area contributed by atoms with Crippen molar-refractivity contribution in [1.82, 2.24) is 0 Å². The van der Waals surface area contributed by atoms with E-state index in [1.165, 1.54) is 43.8 Å². The summed E-state index contributed by atoms with van der Waals surface area (Å²) >= 11 is 0. The molecule has 0 bridgehead atoms. The Bertz CT molecular complexity index is 2570. The third-order valence-electron chi connectivity index (χ3n) is 8.98. The number of rotatable bonds is 3. The van der Waals surface area contributed by atoms with Gasteiger partial charge in [-0.05, 0) is 88.3 Å². The van der Waals surface area contributed by atoms with E-state index in [0.29, 0.717) is 0 Å². The summed E-state index contributed by atoms with van der Waals surface area (Å²) in [5.41, 5.74) is 11.8. The molecule has 0 radical (unpaired) electrons. The van der Waals surface area contributed by atoms with E-state index in [1.807, 2.05) is 12.1 Å². The number of benzene rings is 7. The maximum absolute atomic E-state index is 6.41. The highest BCUT2D eigenvalue weighted by Gasteiger charge is 2.25. The van der Waals surface area contributed by atoms with Crippen LogP contribution in [0.15, 0.2) is 148 Å². The summed E-state index contributed by atoms with van der Waals surface area (Å²) in [6, 6.07) is 49.5. The SMILES string of the molecule is c1ccc(N(c2ccc3c(c2)-c2cccc4oc5ccc6cccc-3c6c5c24)c2ccc3oc4ccccc4c3c2)cc1. The van der Waals surface area contributed by atoms with Crippen LogP contribution in [-0.2, 0) is 0 Å². The molecule has 2 heterocycles. The maximum atomic E-state index is 6.41. The molecular weight excluding hydrogens is 526 g/mol. The number of furan rings is 2. The van der Waals surface area contributed by atoms with E-state index in [4.69, 9.17) is 8.83 Å². The van der Waals surface area contributed by atoms with Crippen LogP contribution in [0.2, 0.25) is 0 Å².